The molecule has 0 aliphatic carbocycles. The van der Waals surface area contributed by atoms with E-state index in [1.807, 2.05) is 18.2 Å². The first kappa shape index (κ1) is 18.2. The number of amides is 1. The van der Waals surface area contributed by atoms with Crippen LogP contribution in [0.5, 0.6) is 0 Å². The van der Waals surface area contributed by atoms with Crippen LogP contribution in [0.15, 0.2) is 48.5 Å². The Kier molecular flexibility index (Phi) is 5.82. The number of hydrogen-bond acceptors (Lipinski definition) is 4. The topological polar surface area (TPSA) is 53.6 Å². The van der Waals surface area contributed by atoms with Crippen molar-refractivity contribution in [1.29, 1.82) is 0 Å². The van der Waals surface area contributed by atoms with E-state index in [1.54, 1.807) is 0 Å². The van der Waals surface area contributed by atoms with E-state index in [0.717, 1.165) is 56.9 Å². The van der Waals surface area contributed by atoms with Crippen LogP contribution in [0.3, 0.4) is 0 Å². The molecule has 1 amide bonds. The van der Waals surface area contributed by atoms with Crippen LogP contribution in [-0.2, 0) is 17.7 Å². The van der Waals surface area contributed by atoms with Gasteiger partial charge in [-0.25, -0.2) is 0 Å². The van der Waals surface area contributed by atoms with Gasteiger partial charge < -0.3 is 15.4 Å². The number of benzene rings is 2. The third-order valence-electron chi connectivity index (χ3n) is 5.44. The first-order valence-electron chi connectivity index (χ1n) is 9.78. The number of carbonyl (C=O) groups is 1. The lowest BCUT2D eigenvalue weighted by Crippen LogP contribution is -2.39. The van der Waals surface area contributed by atoms with Gasteiger partial charge in [0.1, 0.15) is 0 Å². The predicted octanol–water partition coefficient (Wildman–Crippen LogP) is 2.14. The molecule has 1 unspecified atom stereocenters. The van der Waals surface area contributed by atoms with Crippen LogP contribution in [0.1, 0.15) is 33.1 Å². The smallest absolute Gasteiger partial charge is 0.251 e. The van der Waals surface area contributed by atoms with Gasteiger partial charge in [0.15, 0.2) is 0 Å². The van der Waals surface area contributed by atoms with Crippen molar-refractivity contribution in [3.8, 4) is 0 Å². The van der Waals surface area contributed by atoms with Gasteiger partial charge in [-0.05, 0) is 35.7 Å². The van der Waals surface area contributed by atoms with Crippen molar-refractivity contribution in [3.05, 3.63) is 70.8 Å². The van der Waals surface area contributed by atoms with Gasteiger partial charge in [-0.1, -0.05) is 42.5 Å². The van der Waals surface area contributed by atoms with E-state index in [0.29, 0.717) is 6.54 Å². The molecule has 1 saturated heterocycles. The molecule has 2 aliphatic heterocycles. The van der Waals surface area contributed by atoms with E-state index in [2.05, 4.69) is 45.9 Å². The molecule has 0 aromatic heterocycles. The maximum atomic E-state index is 12.9. The molecule has 1 atom stereocenters. The number of ether oxygens (including phenoxy) is 1. The molecule has 2 aromatic carbocycles. The molecule has 4 rings (SSSR count). The van der Waals surface area contributed by atoms with Gasteiger partial charge in [0, 0.05) is 37.8 Å². The Hall–Kier alpha value is -2.21. The predicted molar refractivity (Wildman–Crippen MR) is 106 cm³/mol. The molecule has 0 saturated carbocycles. The molecule has 2 N–H and O–H groups in total. The summed E-state index contributed by atoms with van der Waals surface area (Å²) in [6, 6.07) is 16.6. The minimum absolute atomic E-state index is 0.00344. The van der Waals surface area contributed by atoms with Crippen LogP contribution in [0.4, 0.5) is 0 Å². The zero-order valence-electron chi connectivity index (χ0n) is 15.6. The molecule has 0 radical (unpaired) electrons. The maximum absolute atomic E-state index is 12.9. The van der Waals surface area contributed by atoms with Crippen LogP contribution < -0.4 is 10.6 Å². The molecule has 0 spiro atoms. The first-order chi connectivity index (χ1) is 13.3. The Bertz CT molecular complexity index is 787. The zero-order chi connectivity index (χ0) is 18.5. The summed E-state index contributed by atoms with van der Waals surface area (Å²) >= 11 is 0. The summed E-state index contributed by atoms with van der Waals surface area (Å²) in [7, 11) is 0. The SMILES string of the molecule is O=C(NCC1NCCc2ccccc21)c1ccccc1CN1CCOCC1. The molecular formula is C22H27N3O2. The second-order valence-corrected chi connectivity index (χ2v) is 7.21. The van der Waals surface area contributed by atoms with E-state index < -0.39 is 0 Å². The summed E-state index contributed by atoms with van der Waals surface area (Å²) in [5, 5.41) is 6.67. The number of rotatable bonds is 5. The molecule has 2 aromatic rings. The number of nitrogens with one attached hydrogen (secondary N) is 2. The molecular weight excluding hydrogens is 338 g/mol. The van der Waals surface area contributed by atoms with Crippen LogP contribution in [0.25, 0.3) is 0 Å². The highest BCUT2D eigenvalue weighted by Crippen LogP contribution is 2.22. The standard InChI is InChI=1S/C22H27N3O2/c26-22(24-15-21-19-7-3-1-5-17(19)9-10-23-21)20-8-4-2-6-18(20)16-25-11-13-27-14-12-25/h1-8,21,23H,9-16H2,(H,24,26). The van der Waals surface area contributed by atoms with Gasteiger partial charge in [0.2, 0.25) is 0 Å². The fraction of sp³-hybridized carbons (Fsp3) is 0.409. The van der Waals surface area contributed by atoms with Gasteiger partial charge in [-0.2, -0.15) is 0 Å². The molecule has 5 nitrogen and oxygen atoms in total. The highest BCUT2D eigenvalue weighted by molar-refractivity contribution is 5.95. The maximum Gasteiger partial charge on any atom is 0.251 e. The lowest BCUT2D eigenvalue weighted by molar-refractivity contribution is 0.0340. The van der Waals surface area contributed by atoms with Crippen LogP contribution >= 0.6 is 0 Å². The number of carbonyl (C=O) groups excluding carboxylic acids is 1. The van der Waals surface area contributed by atoms with E-state index >= 15 is 0 Å². The number of fused-ring (bicyclic) bond motifs is 1. The van der Waals surface area contributed by atoms with E-state index in [9.17, 15) is 4.79 Å². The average Bonchev–Trinajstić information content (AvgIpc) is 2.73. The van der Waals surface area contributed by atoms with Crippen molar-refractivity contribution in [3.63, 3.8) is 0 Å². The van der Waals surface area contributed by atoms with E-state index in [1.165, 1.54) is 11.1 Å². The Morgan fingerprint density at radius 1 is 1.11 bits per heavy atom. The molecule has 2 aliphatic rings. The van der Waals surface area contributed by atoms with Crippen molar-refractivity contribution in [1.82, 2.24) is 15.5 Å². The Morgan fingerprint density at radius 3 is 2.78 bits per heavy atom. The Labute approximate surface area is 160 Å². The largest absolute Gasteiger partial charge is 0.379 e. The van der Waals surface area contributed by atoms with E-state index in [4.69, 9.17) is 4.74 Å². The molecule has 142 valence electrons. The van der Waals surface area contributed by atoms with Crippen molar-refractivity contribution in [2.45, 2.75) is 19.0 Å². The van der Waals surface area contributed by atoms with Gasteiger partial charge in [0.25, 0.3) is 5.91 Å². The lowest BCUT2D eigenvalue weighted by Gasteiger charge is -2.28. The van der Waals surface area contributed by atoms with Crippen molar-refractivity contribution >= 4 is 5.91 Å². The third-order valence-corrected chi connectivity index (χ3v) is 5.44. The minimum Gasteiger partial charge on any atom is -0.379 e. The average molecular weight is 365 g/mol. The van der Waals surface area contributed by atoms with Crippen molar-refractivity contribution in [2.24, 2.45) is 0 Å². The minimum atomic E-state index is 0.00344. The summed E-state index contributed by atoms with van der Waals surface area (Å²) in [6.45, 7) is 5.70. The van der Waals surface area contributed by atoms with Gasteiger partial charge in [-0.15, -0.1) is 0 Å². The molecule has 5 heteroatoms. The molecule has 1 fully saturated rings. The second kappa shape index (κ2) is 8.65. The number of nitrogens with zero attached hydrogens (tertiary/aromatic N) is 1. The van der Waals surface area contributed by atoms with Crippen LogP contribution in [0.2, 0.25) is 0 Å². The normalized spacial score (nSPS) is 20.1. The zero-order valence-corrected chi connectivity index (χ0v) is 15.6. The van der Waals surface area contributed by atoms with Crippen LogP contribution in [0, 0.1) is 0 Å². The fourth-order valence-electron chi connectivity index (χ4n) is 3.94. The summed E-state index contributed by atoms with van der Waals surface area (Å²) in [5.41, 5.74) is 4.52. The van der Waals surface area contributed by atoms with Crippen LogP contribution in [-0.4, -0.2) is 50.2 Å². The number of hydrogen-bond donors (Lipinski definition) is 2. The third kappa shape index (κ3) is 4.38. The van der Waals surface area contributed by atoms with Crippen molar-refractivity contribution < 1.29 is 9.53 Å². The molecule has 27 heavy (non-hydrogen) atoms. The Morgan fingerprint density at radius 2 is 1.89 bits per heavy atom. The number of morpholine rings is 1. The van der Waals surface area contributed by atoms with Gasteiger partial charge >= 0.3 is 0 Å². The highest BCUT2D eigenvalue weighted by atomic mass is 16.5. The summed E-state index contributed by atoms with van der Waals surface area (Å²) < 4.78 is 5.42. The van der Waals surface area contributed by atoms with Gasteiger partial charge in [-0.3, -0.25) is 9.69 Å². The Balaban J connectivity index is 1.42. The van der Waals surface area contributed by atoms with E-state index in [-0.39, 0.29) is 11.9 Å². The first-order valence-corrected chi connectivity index (χ1v) is 9.78. The lowest BCUT2D eigenvalue weighted by atomic mass is 9.94. The molecule has 2 heterocycles. The fourth-order valence-corrected chi connectivity index (χ4v) is 3.94. The highest BCUT2D eigenvalue weighted by Gasteiger charge is 2.21. The summed E-state index contributed by atoms with van der Waals surface area (Å²) in [4.78, 5) is 15.2. The second-order valence-electron chi connectivity index (χ2n) is 7.21. The summed E-state index contributed by atoms with van der Waals surface area (Å²) in [5.74, 6) is 0.00344. The summed E-state index contributed by atoms with van der Waals surface area (Å²) in [6.07, 6.45) is 1.04. The monoisotopic (exact) mass is 365 g/mol. The van der Waals surface area contributed by atoms with Crippen molar-refractivity contribution in [2.75, 3.05) is 39.4 Å². The quantitative estimate of drug-likeness (QED) is 0.852. The van der Waals surface area contributed by atoms with Gasteiger partial charge in [0.05, 0.1) is 13.2 Å². The molecule has 0 bridgehead atoms.